The Morgan fingerprint density at radius 3 is 1.88 bits per heavy atom. The smallest absolute Gasteiger partial charge is 0.247 e. The summed E-state index contributed by atoms with van der Waals surface area (Å²) in [5.74, 6) is -0.606. The summed E-state index contributed by atoms with van der Waals surface area (Å²) >= 11 is 0. The Morgan fingerprint density at radius 2 is 1.16 bits per heavy atom. The van der Waals surface area contributed by atoms with E-state index in [1.54, 1.807) is 21.7 Å². The standard InChI is InChI=1S/C31H37N9O3/c1-36-25-10-4-5-11-26(25)38(18-21(33)29(36)41)19-40-28-13-7-6-12-27(28)37(17-22(34)31(40)43)14-15-39-24-9-3-2-8-23(24)35-16-20(32)30(39)42/h2-13,20-22,35H,14-19,32-34H2,1H3/t20-,21-,22-/m0/s1. The number of rotatable bonds is 5. The average molecular weight is 584 g/mol. The Morgan fingerprint density at radius 1 is 0.628 bits per heavy atom. The van der Waals surface area contributed by atoms with Gasteiger partial charge in [-0.3, -0.25) is 19.3 Å². The SMILES string of the molecule is CN1C(=O)[C@@H](N)CN(CN2C(=O)[C@@H](N)CN(CCN3C(=O)[C@@H](N)CNc4ccccc43)c3ccccc32)c2ccccc21. The van der Waals surface area contributed by atoms with E-state index in [9.17, 15) is 14.4 Å². The normalized spacial score (nSPS) is 22.3. The summed E-state index contributed by atoms with van der Waals surface area (Å²) in [6, 6.07) is 20.6. The van der Waals surface area contributed by atoms with Gasteiger partial charge in [-0.1, -0.05) is 36.4 Å². The lowest BCUT2D eigenvalue weighted by Crippen LogP contribution is -2.53. The minimum Gasteiger partial charge on any atom is -0.381 e. The first-order valence-corrected chi connectivity index (χ1v) is 14.4. The monoisotopic (exact) mass is 583 g/mol. The molecule has 3 aromatic carbocycles. The van der Waals surface area contributed by atoms with Gasteiger partial charge in [0, 0.05) is 39.8 Å². The molecule has 3 aliphatic rings. The van der Waals surface area contributed by atoms with Gasteiger partial charge in [0.15, 0.2) is 0 Å². The topological polar surface area (TPSA) is 158 Å². The number of carbonyl (C=O) groups is 3. The zero-order chi connectivity index (χ0) is 30.2. The van der Waals surface area contributed by atoms with Crippen molar-refractivity contribution in [2.24, 2.45) is 17.2 Å². The first kappa shape index (κ1) is 28.5. The summed E-state index contributed by atoms with van der Waals surface area (Å²) < 4.78 is 0. The van der Waals surface area contributed by atoms with E-state index in [1.807, 2.05) is 77.7 Å². The summed E-state index contributed by atoms with van der Waals surface area (Å²) in [5.41, 5.74) is 23.7. The van der Waals surface area contributed by atoms with E-state index in [0.717, 1.165) is 28.4 Å². The molecule has 0 unspecified atom stereocenters. The molecule has 3 atom stereocenters. The van der Waals surface area contributed by atoms with Gasteiger partial charge in [-0.25, -0.2) is 0 Å². The van der Waals surface area contributed by atoms with Crippen LogP contribution in [-0.2, 0) is 14.4 Å². The third kappa shape index (κ3) is 5.24. The first-order valence-electron chi connectivity index (χ1n) is 14.4. The fraction of sp³-hybridized carbons (Fsp3) is 0.323. The van der Waals surface area contributed by atoms with Crippen molar-refractivity contribution in [3.8, 4) is 0 Å². The van der Waals surface area contributed by atoms with E-state index >= 15 is 0 Å². The van der Waals surface area contributed by atoms with Gasteiger partial charge in [0.1, 0.15) is 18.1 Å². The van der Waals surface area contributed by atoms with Crippen LogP contribution in [0, 0.1) is 0 Å². The van der Waals surface area contributed by atoms with Gasteiger partial charge in [0.25, 0.3) is 0 Å². The van der Waals surface area contributed by atoms with E-state index in [-0.39, 0.29) is 37.5 Å². The van der Waals surface area contributed by atoms with E-state index in [0.29, 0.717) is 25.3 Å². The predicted octanol–water partition coefficient (Wildman–Crippen LogP) is 0.721. The molecule has 224 valence electrons. The van der Waals surface area contributed by atoms with Crippen molar-refractivity contribution in [2.75, 3.05) is 76.3 Å². The predicted molar refractivity (Wildman–Crippen MR) is 169 cm³/mol. The zero-order valence-corrected chi connectivity index (χ0v) is 24.1. The quantitative estimate of drug-likeness (QED) is 0.340. The number of para-hydroxylation sites is 6. The van der Waals surface area contributed by atoms with Crippen molar-refractivity contribution in [2.45, 2.75) is 18.1 Å². The Labute approximate surface area is 250 Å². The average Bonchev–Trinajstić information content (AvgIpc) is 3.25. The molecule has 0 spiro atoms. The second-order valence-corrected chi connectivity index (χ2v) is 11.2. The summed E-state index contributed by atoms with van der Waals surface area (Å²) in [6.45, 7) is 1.77. The Bertz CT molecular complexity index is 1550. The van der Waals surface area contributed by atoms with E-state index in [2.05, 4.69) is 10.2 Å². The number of anilines is 6. The third-order valence-electron chi connectivity index (χ3n) is 8.36. The Balaban J connectivity index is 1.31. The molecular formula is C31H37N9O3. The highest BCUT2D eigenvalue weighted by molar-refractivity contribution is 6.04. The number of fused-ring (bicyclic) bond motifs is 3. The molecule has 43 heavy (non-hydrogen) atoms. The zero-order valence-electron chi connectivity index (χ0n) is 24.1. The highest BCUT2D eigenvalue weighted by Gasteiger charge is 2.36. The lowest BCUT2D eigenvalue weighted by molar-refractivity contribution is -0.120. The number of carbonyl (C=O) groups excluding carboxylic acids is 3. The second kappa shape index (κ2) is 11.6. The van der Waals surface area contributed by atoms with Crippen LogP contribution < -0.4 is 47.0 Å². The van der Waals surface area contributed by atoms with Crippen molar-refractivity contribution in [3.63, 3.8) is 0 Å². The molecule has 0 radical (unpaired) electrons. The Hall–Kier alpha value is -4.65. The number of hydrogen-bond donors (Lipinski definition) is 4. The largest absolute Gasteiger partial charge is 0.381 e. The highest BCUT2D eigenvalue weighted by atomic mass is 16.2. The molecule has 0 saturated carbocycles. The minimum atomic E-state index is -0.830. The van der Waals surface area contributed by atoms with Crippen LogP contribution in [0.25, 0.3) is 0 Å². The minimum absolute atomic E-state index is 0.154. The number of benzene rings is 3. The molecule has 3 aliphatic heterocycles. The fourth-order valence-corrected chi connectivity index (χ4v) is 6.09. The van der Waals surface area contributed by atoms with E-state index < -0.39 is 18.1 Å². The summed E-state index contributed by atoms with van der Waals surface area (Å²) in [6.07, 6.45) is 0. The summed E-state index contributed by atoms with van der Waals surface area (Å²) in [5, 5.41) is 3.27. The molecule has 0 bridgehead atoms. The highest BCUT2D eigenvalue weighted by Crippen LogP contribution is 2.36. The van der Waals surface area contributed by atoms with Crippen LogP contribution >= 0.6 is 0 Å². The molecule has 0 aliphatic carbocycles. The third-order valence-corrected chi connectivity index (χ3v) is 8.36. The van der Waals surface area contributed by atoms with Gasteiger partial charge in [-0.15, -0.1) is 0 Å². The van der Waals surface area contributed by atoms with Gasteiger partial charge in [0.05, 0.1) is 40.8 Å². The second-order valence-electron chi connectivity index (χ2n) is 11.2. The molecule has 3 aromatic rings. The molecule has 12 heteroatoms. The molecule has 7 N–H and O–H groups in total. The fourth-order valence-electron chi connectivity index (χ4n) is 6.09. The maximum Gasteiger partial charge on any atom is 0.247 e. The maximum absolute atomic E-state index is 13.9. The maximum atomic E-state index is 13.9. The molecule has 3 heterocycles. The molecule has 0 fully saturated rings. The van der Waals surface area contributed by atoms with Crippen molar-refractivity contribution in [1.82, 2.24) is 0 Å². The van der Waals surface area contributed by atoms with E-state index in [4.69, 9.17) is 17.2 Å². The number of amides is 3. The van der Waals surface area contributed by atoms with Gasteiger partial charge < -0.3 is 42.1 Å². The van der Waals surface area contributed by atoms with Crippen molar-refractivity contribution < 1.29 is 14.4 Å². The molecule has 0 aromatic heterocycles. The molecule has 3 amide bonds. The number of nitrogens with zero attached hydrogens (tertiary/aromatic N) is 5. The van der Waals surface area contributed by atoms with Crippen LogP contribution in [0.5, 0.6) is 0 Å². The number of nitrogens with one attached hydrogen (secondary N) is 1. The van der Waals surface area contributed by atoms with Gasteiger partial charge in [-0.2, -0.15) is 0 Å². The molecule has 6 rings (SSSR count). The van der Waals surface area contributed by atoms with Crippen LogP contribution in [0.2, 0.25) is 0 Å². The van der Waals surface area contributed by atoms with Crippen LogP contribution in [0.15, 0.2) is 72.8 Å². The lowest BCUT2D eigenvalue weighted by Gasteiger charge is -2.33. The van der Waals surface area contributed by atoms with Crippen molar-refractivity contribution in [3.05, 3.63) is 72.8 Å². The van der Waals surface area contributed by atoms with Crippen LogP contribution in [0.4, 0.5) is 34.1 Å². The molecule has 12 nitrogen and oxygen atoms in total. The van der Waals surface area contributed by atoms with Gasteiger partial charge >= 0.3 is 0 Å². The Kier molecular flexibility index (Phi) is 7.65. The van der Waals surface area contributed by atoms with Gasteiger partial charge in [0.2, 0.25) is 17.7 Å². The molecule has 0 saturated heterocycles. The summed E-state index contributed by atoms with van der Waals surface area (Å²) in [7, 11) is 1.71. The number of likely N-dealkylation sites (N-methyl/N-ethyl adjacent to an activating group) is 1. The van der Waals surface area contributed by atoms with Crippen LogP contribution in [0.3, 0.4) is 0 Å². The van der Waals surface area contributed by atoms with E-state index in [1.165, 1.54) is 0 Å². The lowest BCUT2D eigenvalue weighted by atomic mass is 10.2. The number of nitrogens with two attached hydrogens (primary N) is 3. The number of hydrogen-bond acceptors (Lipinski definition) is 9. The van der Waals surface area contributed by atoms with Crippen LogP contribution in [-0.4, -0.2) is 82.3 Å². The first-order chi connectivity index (χ1) is 20.7. The van der Waals surface area contributed by atoms with Crippen LogP contribution in [0.1, 0.15) is 0 Å². The van der Waals surface area contributed by atoms with Gasteiger partial charge in [-0.05, 0) is 36.4 Å². The summed E-state index contributed by atoms with van der Waals surface area (Å²) in [4.78, 5) is 49.1. The van der Waals surface area contributed by atoms with Crippen molar-refractivity contribution in [1.29, 1.82) is 0 Å². The molecular weight excluding hydrogens is 546 g/mol. The van der Waals surface area contributed by atoms with Crippen molar-refractivity contribution >= 4 is 51.8 Å².